The first-order valence-corrected chi connectivity index (χ1v) is 11.5. The van der Waals surface area contributed by atoms with Gasteiger partial charge in [0.2, 0.25) is 5.95 Å². The zero-order valence-corrected chi connectivity index (χ0v) is 18.6. The summed E-state index contributed by atoms with van der Waals surface area (Å²) in [4.78, 5) is 18.8. The Bertz CT molecular complexity index is 1220. The van der Waals surface area contributed by atoms with Crippen LogP contribution in [0.2, 0.25) is 0 Å². The third kappa shape index (κ3) is 4.39. The van der Waals surface area contributed by atoms with Crippen LogP contribution in [0.1, 0.15) is 30.4 Å². The highest BCUT2D eigenvalue weighted by atomic mass is 19.4. The van der Waals surface area contributed by atoms with Gasteiger partial charge in [0.05, 0.1) is 5.56 Å². The summed E-state index contributed by atoms with van der Waals surface area (Å²) >= 11 is 0. The topological polar surface area (TPSA) is 38.1 Å². The lowest BCUT2D eigenvalue weighted by molar-refractivity contribution is -0.137. The molecule has 1 aliphatic carbocycles. The maximum atomic E-state index is 13.1. The third-order valence-corrected chi connectivity index (χ3v) is 7.19. The molecule has 0 bridgehead atoms. The van der Waals surface area contributed by atoms with Crippen molar-refractivity contribution in [3.8, 4) is 11.1 Å². The van der Waals surface area contributed by atoms with Crippen LogP contribution in [-0.2, 0) is 18.1 Å². The van der Waals surface area contributed by atoms with Crippen molar-refractivity contribution in [3.63, 3.8) is 0 Å². The predicted octanol–water partition coefficient (Wildman–Crippen LogP) is 5.12. The molecule has 1 saturated heterocycles. The van der Waals surface area contributed by atoms with Crippen molar-refractivity contribution in [2.45, 2.75) is 37.4 Å². The first-order valence-electron chi connectivity index (χ1n) is 11.5. The lowest BCUT2D eigenvalue weighted by Crippen LogP contribution is -2.28. The van der Waals surface area contributed by atoms with E-state index in [4.69, 9.17) is 0 Å². The molecule has 2 aromatic heterocycles. The maximum Gasteiger partial charge on any atom is 0.416 e. The van der Waals surface area contributed by atoms with Gasteiger partial charge in [0.1, 0.15) is 0 Å². The Morgan fingerprint density at radius 2 is 1.79 bits per heavy atom. The molecule has 8 heteroatoms. The highest BCUT2D eigenvalue weighted by molar-refractivity contribution is 5.60. The van der Waals surface area contributed by atoms with E-state index in [0.717, 1.165) is 44.5 Å². The van der Waals surface area contributed by atoms with E-state index in [1.54, 1.807) is 35.0 Å². The molecule has 2 aliphatic rings. The second-order valence-corrected chi connectivity index (χ2v) is 9.36. The maximum absolute atomic E-state index is 13.1. The van der Waals surface area contributed by atoms with E-state index in [2.05, 4.69) is 9.88 Å². The number of nitrogens with zero attached hydrogens (tertiary/aromatic N) is 3. The SMILES string of the molecule is O=c1c(-c2ccc(F)nc2)cccn1CCCCN1C[C@@H]2C[C@]2(c2ccc(C(F)(F)F)cc2)C1. The second-order valence-electron chi connectivity index (χ2n) is 9.36. The molecule has 3 aromatic rings. The number of benzene rings is 1. The Hall–Kier alpha value is -3.00. The number of pyridine rings is 2. The van der Waals surface area contributed by atoms with Crippen molar-refractivity contribution >= 4 is 0 Å². The summed E-state index contributed by atoms with van der Waals surface area (Å²) in [5.41, 5.74) is 1.36. The van der Waals surface area contributed by atoms with Crippen LogP contribution in [0.5, 0.6) is 0 Å². The highest BCUT2D eigenvalue weighted by Crippen LogP contribution is 2.59. The van der Waals surface area contributed by atoms with Crippen molar-refractivity contribution in [1.82, 2.24) is 14.5 Å². The summed E-state index contributed by atoms with van der Waals surface area (Å²) in [7, 11) is 0. The van der Waals surface area contributed by atoms with Gasteiger partial charge in [-0.1, -0.05) is 12.1 Å². The molecule has 0 N–H and O–H groups in total. The summed E-state index contributed by atoms with van der Waals surface area (Å²) in [5, 5.41) is 0. The van der Waals surface area contributed by atoms with Crippen molar-refractivity contribution in [1.29, 1.82) is 0 Å². The number of likely N-dealkylation sites (tertiary alicyclic amines) is 1. The third-order valence-electron chi connectivity index (χ3n) is 7.19. The molecule has 0 spiro atoms. The Balaban J connectivity index is 1.14. The molecule has 0 amide bonds. The van der Waals surface area contributed by atoms with Gasteiger partial charge in [0, 0.05) is 48.6 Å². The van der Waals surface area contributed by atoms with E-state index in [0.29, 0.717) is 23.6 Å². The summed E-state index contributed by atoms with van der Waals surface area (Å²) in [6, 6.07) is 12.0. The van der Waals surface area contributed by atoms with E-state index < -0.39 is 17.7 Å². The molecule has 3 heterocycles. The molecule has 0 unspecified atom stereocenters. The van der Waals surface area contributed by atoms with Crippen molar-refractivity contribution in [2.24, 2.45) is 5.92 Å². The molecule has 1 aliphatic heterocycles. The number of aryl methyl sites for hydroxylation is 1. The van der Waals surface area contributed by atoms with E-state index in [-0.39, 0.29) is 11.0 Å². The standard InChI is InChI=1S/C26H25F4N3O/c27-23-10-5-18(15-31-23)22-4-3-13-33(24(22)34)12-2-1-11-32-16-21-14-25(21,17-32)19-6-8-20(9-7-19)26(28,29)30/h3-10,13,15,21H,1-2,11-12,14,16-17H2/t21-,25+/m0/s1. The molecule has 2 fully saturated rings. The summed E-state index contributed by atoms with van der Waals surface area (Å²) in [6.07, 6.45) is 1.60. The number of aromatic nitrogens is 2. The largest absolute Gasteiger partial charge is 0.416 e. The van der Waals surface area contributed by atoms with Gasteiger partial charge < -0.3 is 9.47 Å². The number of unbranched alkanes of at least 4 members (excludes halogenated alkanes) is 1. The van der Waals surface area contributed by atoms with Crippen LogP contribution in [0.15, 0.2) is 65.7 Å². The normalized spacial score (nSPS) is 22.1. The molecular formula is C26H25F4N3O. The average Bonchev–Trinajstić information content (AvgIpc) is 3.39. The minimum Gasteiger partial charge on any atom is -0.315 e. The smallest absolute Gasteiger partial charge is 0.315 e. The molecule has 2 atom stereocenters. The quantitative estimate of drug-likeness (QED) is 0.273. The number of fused-ring (bicyclic) bond motifs is 1. The van der Waals surface area contributed by atoms with Crippen molar-refractivity contribution in [2.75, 3.05) is 19.6 Å². The lowest BCUT2D eigenvalue weighted by Gasteiger charge is -2.21. The first-order chi connectivity index (χ1) is 16.3. The van der Waals surface area contributed by atoms with E-state index in [9.17, 15) is 22.4 Å². The number of piperidine rings is 1. The number of hydrogen-bond donors (Lipinski definition) is 0. The van der Waals surface area contributed by atoms with Gasteiger partial charge in [-0.15, -0.1) is 0 Å². The number of alkyl halides is 3. The fourth-order valence-electron chi connectivity index (χ4n) is 5.28. The Morgan fingerprint density at radius 3 is 2.50 bits per heavy atom. The van der Waals surface area contributed by atoms with Crippen LogP contribution in [0, 0.1) is 11.9 Å². The zero-order valence-electron chi connectivity index (χ0n) is 18.6. The van der Waals surface area contributed by atoms with Gasteiger partial charge in [0.15, 0.2) is 0 Å². The number of halogens is 4. The van der Waals surface area contributed by atoms with Gasteiger partial charge in [-0.2, -0.15) is 17.6 Å². The van der Waals surface area contributed by atoms with Gasteiger partial charge in [-0.05, 0) is 73.7 Å². The fourth-order valence-corrected chi connectivity index (χ4v) is 5.28. The van der Waals surface area contributed by atoms with E-state index in [1.165, 1.54) is 24.4 Å². The summed E-state index contributed by atoms with van der Waals surface area (Å²) < 4.78 is 53.3. The van der Waals surface area contributed by atoms with E-state index >= 15 is 0 Å². The molecule has 4 nitrogen and oxygen atoms in total. The Labute approximate surface area is 194 Å². The fraction of sp³-hybridized carbons (Fsp3) is 0.385. The lowest BCUT2D eigenvalue weighted by atomic mass is 9.94. The highest BCUT2D eigenvalue weighted by Gasteiger charge is 2.60. The van der Waals surface area contributed by atoms with Crippen LogP contribution in [0.4, 0.5) is 17.6 Å². The van der Waals surface area contributed by atoms with Gasteiger partial charge in [-0.3, -0.25) is 4.79 Å². The van der Waals surface area contributed by atoms with Crippen LogP contribution in [0.25, 0.3) is 11.1 Å². The van der Waals surface area contributed by atoms with Crippen LogP contribution in [0.3, 0.4) is 0 Å². The monoisotopic (exact) mass is 471 g/mol. The zero-order chi connectivity index (χ0) is 23.9. The Morgan fingerprint density at radius 1 is 1.03 bits per heavy atom. The first kappa shape index (κ1) is 22.8. The molecule has 0 radical (unpaired) electrons. The van der Waals surface area contributed by atoms with Crippen LogP contribution >= 0.6 is 0 Å². The average molecular weight is 471 g/mol. The molecular weight excluding hydrogens is 446 g/mol. The molecule has 5 rings (SSSR count). The Kier molecular flexibility index (Phi) is 5.80. The summed E-state index contributed by atoms with van der Waals surface area (Å²) in [6.45, 7) is 3.32. The van der Waals surface area contributed by atoms with Crippen molar-refractivity contribution < 1.29 is 17.6 Å². The second kappa shape index (κ2) is 8.65. The molecule has 178 valence electrons. The summed E-state index contributed by atoms with van der Waals surface area (Å²) in [5.74, 6) is -0.0764. The van der Waals surface area contributed by atoms with Gasteiger partial charge in [-0.25, -0.2) is 4.98 Å². The molecule has 34 heavy (non-hydrogen) atoms. The molecule has 1 saturated carbocycles. The van der Waals surface area contributed by atoms with Gasteiger partial charge in [0.25, 0.3) is 5.56 Å². The predicted molar refractivity (Wildman–Crippen MR) is 121 cm³/mol. The number of hydrogen-bond acceptors (Lipinski definition) is 3. The van der Waals surface area contributed by atoms with Crippen LogP contribution in [-0.4, -0.2) is 34.1 Å². The minimum absolute atomic E-state index is 0.00140. The van der Waals surface area contributed by atoms with E-state index in [1.807, 2.05) is 6.07 Å². The van der Waals surface area contributed by atoms with Crippen molar-refractivity contribution in [3.05, 3.63) is 88.4 Å². The number of rotatable bonds is 7. The van der Waals surface area contributed by atoms with Crippen LogP contribution < -0.4 is 5.56 Å². The minimum atomic E-state index is -4.31. The molecule has 1 aromatic carbocycles. The van der Waals surface area contributed by atoms with Gasteiger partial charge >= 0.3 is 6.18 Å².